The molecule has 2 aromatic rings. The van der Waals surface area contributed by atoms with Crippen molar-refractivity contribution in [3.05, 3.63) is 50.1 Å². The first-order valence-electron chi connectivity index (χ1n) is 5.24. The molecule has 0 aliphatic rings. The average Bonchev–Trinajstić information content (AvgIpc) is 2.73. The maximum absolute atomic E-state index is 11.2. The van der Waals surface area contributed by atoms with Gasteiger partial charge in [-0.1, -0.05) is 23.2 Å². The van der Waals surface area contributed by atoms with E-state index in [9.17, 15) is 4.79 Å². The van der Waals surface area contributed by atoms with Gasteiger partial charge in [0, 0.05) is 10.4 Å². The predicted octanol–water partition coefficient (Wildman–Crippen LogP) is 4.84. The third-order valence-corrected chi connectivity index (χ3v) is 3.84. The number of carbonyl (C=O) groups excluding carboxylic acids is 1. The minimum Gasteiger partial charge on any atom is -0.487 e. The first-order chi connectivity index (χ1) is 8.56. The quantitative estimate of drug-likeness (QED) is 0.756. The molecule has 1 aromatic heterocycles. The zero-order valence-electron chi connectivity index (χ0n) is 9.57. The van der Waals surface area contributed by atoms with Gasteiger partial charge in [-0.25, -0.2) is 0 Å². The highest BCUT2D eigenvalue weighted by Gasteiger charge is 2.07. The molecule has 1 heterocycles. The number of Topliss-reactive ketones (excluding diaryl/α,β-unsaturated/α-hetero) is 1. The number of benzene rings is 1. The number of carbonyl (C=O) groups is 1. The van der Waals surface area contributed by atoms with Gasteiger partial charge < -0.3 is 4.74 Å². The zero-order chi connectivity index (χ0) is 13.1. The number of halogens is 2. The van der Waals surface area contributed by atoms with Crippen molar-refractivity contribution in [2.45, 2.75) is 13.5 Å². The van der Waals surface area contributed by atoms with Gasteiger partial charge in [-0.3, -0.25) is 4.79 Å². The molecule has 0 bridgehead atoms. The lowest BCUT2D eigenvalue weighted by Crippen LogP contribution is -1.96. The lowest BCUT2D eigenvalue weighted by molar-refractivity contribution is 0.101. The number of thiophene rings is 1. The van der Waals surface area contributed by atoms with Gasteiger partial charge >= 0.3 is 0 Å². The lowest BCUT2D eigenvalue weighted by atomic mass is 10.1. The fourth-order valence-electron chi connectivity index (χ4n) is 1.42. The molecule has 0 N–H and O–H groups in total. The van der Waals surface area contributed by atoms with Crippen LogP contribution in [0.5, 0.6) is 5.75 Å². The number of ether oxygens (including phenoxy) is 1. The molecule has 5 heteroatoms. The molecule has 2 nitrogen and oxygen atoms in total. The van der Waals surface area contributed by atoms with Crippen molar-refractivity contribution in [3.63, 3.8) is 0 Å². The van der Waals surface area contributed by atoms with E-state index in [1.165, 1.54) is 18.3 Å². The lowest BCUT2D eigenvalue weighted by Gasteiger charge is -2.07. The first kappa shape index (κ1) is 13.4. The summed E-state index contributed by atoms with van der Waals surface area (Å²) < 4.78 is 6.31. The van der Waals surface area contributed by atoms with Crippen LogP contribution in [0.1, 0.15) is 22.2 Å². The van der Waals surface area contributed by atoms with Gasteiger partial charge in [0.15, 0.2) is 5.78 Å². The fourth-order valence-corrected chi connectivity index (χ4v) is 2.65. The molecule has 2 rings (SSSR count). The van der Waals surface area contributed by atoms with Gasteiger partial charge in [0.25, 0.3) is 0 Å². The van der Waals surface area contributed by atoms with E-state index in [0.717, 1.165) is 9.21 Å². The van der Waals surface area contributed by atoms with Crippen LogP contribution in [0.2, 0.25) is 9.36 Å². The highest BCUT2D eigenvalue weighted by atomic mass is 35.5. The molecule has 0 aliphatic heterocycles. The summed E-state index contributed by atoms with van der Waals surface area (Å²) >= 11 is 13.3. The van der Waals surface area contributed by atoms with Gasteiger partial charge in [0.1, 0.15) is 12.4 Å². The maximum Gasteiger partial charge on any atom is 0.159 e. The van der Waals surface area contributed by atoms with E-state index in [1.54, 1.807) is 18.2 Å². The minimum atomic E-state index is -0.0199. The summed E-state index contributed by atoms with van der Waals surface area (Å²) in [4.78, 5) is 12.2. The van der Waals surface area contributed by atoms with Crippen LogP contribution in [0.3, 0.4) is 0 Å². The Balaban J connectivity index is 2.08. The Morgan fingerprint density at radius 2 is 2.06 bits per heavy atom. The summed E-state index contributed by atoms with van der Waals surface area (Å²) in [5, 5.41) is 0.436. The van der Waals surface area contributed by atoms with Gasteiger partial charge in [-0.2, -0.15) is 0 Å². The van der Waals surface area contributed by atoms with Crippen LogP contribution < -0.4 is 4.74 Å². The van der Waals surface area contributed by atoms with Crippen molar-refractivity contribution >= 4 is 40.3 Å². The molecule has 0 spiro atoms. The molecular formula is C13H10Cl2O2S. The molecule has 18 heavy (non-hydrogen) atoms. The maximum atomic E-state index is 11.2. The third kappa shape index (κ3) is 3.25. The van der Waals surface area contributed by atoms with Crippen molar-refractivity contribution in [1.82, 2.24) is 0 Å². The smallest absolute Gasteiger partial charge is 0.159 e. The molecule has 0 unspecified atom stereocenters. The number of hydrogen-bond acceptors (Lipinski definition) is 3. The van der Waals surface area contributed by atoms with Crippen molar-refractivity contribution in [2.24, 2.45) is 0 Å². The van der Waals surface area contributed by atoms with Crippen molar-refractivity contribution in [3.8, 4) is 5.75 Å². The minimum absolute atomic E-state index is 0.0199. The van der Waals surface area contributed by atoms with Crippen LogP contribution in [0.15, 0.2) is 30.3 Å². The summed E-state index contributed by atoms with van der Waals surface area (Å²) in [5.41, 5.74) is 0.575. The van der Waals surface area contributed by atoms with Crippen molar-refractivity contribution < 1.29 is 9.53 Å². The van der Waals surface area contributed by atoms with Crippen LogP contribution in [0, 0.1) is 0 Å². The van der Waals surface area contributed by atoms with E-state index >= 15 is 0 Å². The Hall–Kier alpha value is -1.03. The molecule has 0 radical (unpaired) electrons. The van der Waals surface area contributed by atoms with Crippen LogP contribution in [0.4, 0.5) is 0 Å². The van der Waals surface area contributed by atoms with Crippen molar-refractivity contribution in [2.75, 3.05) is 0 Å². The molecule has 0 fully saturated rings. The largest absolute Gasteiger partial charge is 0.487 e. The van der Waals surface area contributed by atoms with E-state index in [0.29, 0.717) is 22.9 Å². The Labute approximate surface area is 119 Å². The number of hydrogen-bond donors (Lipinski definition) is 0. The number of rotatable bonds is 4. The highest BCUT2D eigenvalue weighted by molar-refractivity contribution is 7.16. The summed E-state index contributed by atoms with van der Waals surface area (Å²) in [7, 11) is 0. The molecule has 0 saturated carbocycles. The predicted molar refractivity (Wildman–Crippen MR) is 75.1 cm³/mol. The van der Waals surface area contributed by atoms with Crippen LogP contribution in [0.25, 0.3) is 0 Å². The Kier molecular flexibility index (Phi) is 4.27. The highest BCUT2D eigenvalue weighted by Crippen LogP contribution is 2.28. The van der Waals surface area contributed by atoms with Gasteiger partial charge in [-0.15, -0.1) is 11.3 Å². The van der Waals surface area contributed by atoms with Crippen molar-refractivity contribution in [1.29, 1.82) is 0 Å². The van der Waals surface area contributed by atoms with Gasteiger partial charge in [0.05, 0.1) is 9.36 Å². The molecule has 0 atom stereocenters. The molecular weight excluding hydrogens is 291 g/mol. The van der Waals surface area contributed by atoms with Gasteiger partial charge in [0.2, 0.25) is 0 Å². The van der Waals surface area contributed by atoms with E-state index in [-0.39, 0.29) is 5.78 Å². The third-order valence-electron chi connectivity index (χ3n) is 2.34. The Morgan fingerprint density at radius 3 is 2.61 bits per heavy atom. The summed E-state index contributed by atoms with van der Waals surface area (Å²) in [6.07, 6.45) is 0. The molecule has 0 aliphatic carbocycles. The van der Waals surface area contributed by atoms with Crippen LogP contribution in [-0.4, -0.2) is 5.78 Å². The van der Waals surface area contributed by atoms with Crippen LogP contribution in [-0.2, 0) is 6.61 Å². The first-order valence-corrected chi connectivity index (χ1v) is 6.81. The molecule has 1 aromatic carbocycles. The zero-order valence-corrected chi connectivity index (χ0v) is 11.9. The molecule has 0 saturated heterocycles. The fraction of sp³-hybridized carbons (Fsp3) is 0.154. The van der Waals surface area contributed by atoms with E-state index < -0.39 is 0 Å². The normalized spacial score (nSPS) is 10.4. The molecule has 94 valence electrons. The second kappa shape index (κ2) is 5.74. The molecule has 0 amide bonds. The second-order valence-corrected chi connectivity index (χ2v) is 5.90. The number of ketones is 1. The van der Waals surface area contributed by atoms with E-state index in [2.05, 4.69) is 0 Å². The average molecular weight is 301 g/mol. The van der Waals surface area contributed by atoms with Gasteiger partial charge in [-0.05, 0) is 37.3 Å². The monoisotopic (exact) mass is 300 g/mol. The topological polar surface area (TPSA) is 26.3 Å². The van der Waals surface area contributed by atoms with E-state index in [4.69, 9.17) is 27.9 Å². The second-order valence-electron chi connectivity index (χ2n) is 3.70. The SMILES string of the molecule is CC(=O)c1ccc(OCc2ccc(Cl)s2)c(Cl)c1. The summed E-state index contributed by atoms with van der Waals surface area (Å²) in [6, 6.07) is 8.75. The van der Waals surface area contributed by atoms with E-state index in [1.807, 2.05) is 12.1 Å². The Morgan fingerprint density at radius 1 is 1.28 bits per heavy atom. The van der Waals surface area contributed by atoms with Crippen LogP contribution >= 0.6 is 34.5 Å². The summed E-state index contributed by atoms with van der Waals surface area (Å²) in [5.74, 6) is 0.541. The summed E-state index contributed by atoms with van der Waals surface area (Å²) in [6.45, 7) is 1.91. The standard InChI is InChI=1S/C13H10Cl2O2S/c1-8(16)9-2-4-12(11(14)6-9)17-7-10-3-5-13(15)18-10/h2-6H,7H2,1H3. The Bertz CT molecular complexity index is 578.